The highest BCUT2D eigenvalue weighted by Crippen LogP contribution is 2.50. The van der Waals surface area contributed by atoms with Crippen molar-refractivity contribution in [3.05, 3.63) is 65.1 Å². The molecule has 0 radical (unpaired) electrons. The third-order valence-electron chi connectivity index (χ3n) is 9.84. The Morgan fingerprint density at radius 2 is 1.96 bits per heavy atom. The lowest BCUT2D eigenvalue weighted by molar-refractivity contribution is -0.131. The SMILES string of the molecule is C=C(F)C(=O)N1CCN(c2nc(OCC3([C@H](C)N(C)C)CC3)nc3c2CCN(c2cccc4cccc(Cl)c24)C3)CC1CC#N. The van der Waals surface area contributed by atoms with Gasteiger partial charge >= 0.3 is 6.01 Å². The lowest BCUT2D eigenvalue weighted by atomic mass is 9.98. The normalized spacial score (nSPS) is 19.7. The van der Waals surface area contributed by atoms with E-state index >= 15 is 0 Å². The molecule has 3 aliphatic rings. The second kappa shape index (κ2) is 12.5. The second-order valence-corrected chi connectivity index (χ2v) is 13.1. The summed E-state index contributed by atoms with van der Waals surface area (Å²) in [5, 5.41) is 12.3. The molecule has 0 N–H and O–H groups in total. The van der Waals surface area contributed by atoms with E-state index in [2.05, 4.69) is 66.6 Å². The van der Waals surface area contributed by atoms with Crippen LogP contribution in [0.15, 0.2) is 48.8 Å². The molecule has 2 atom stereocenters. The number of fused-ring (bicyclic) bond motifs is 2. The van der Waals surface area contributed by atoms with E-state index in [1.54, 1.807) is 0 Å². The topological polar surface area (TPSA) is 88.8 Å². The van der Waals surface area contributed by atoms with Gasteiger partial charge in [-0.05, 0) is 57.8 Å². The van der Waals surface area contributed by atoms with Crippen LogP contribution in [0.3, 0.4) is 0 Å². The zero-order valence-electron chi connectivity index (χ0n) is 26.1. The van der Waals surface area contributed by atoms with E-state index in [-0.39, 0.29) is 18.4 Å². The van der Waals surface area contributed by atoms with E-state index < -0.39 is 17.8 Å². The standard InChI is InChI=1S/C34H39ClFN7O2/c1-22(36)32(44)43-18-17-42(19-25(43)11-15-37)31-26-12-16-41(29-10-6-8-24-7-5-9-27(35)30(24)29)20-28(26)38-33(39-31)45-21-34(13-14-34)23(2)40(3)4/h5-10,23,25H,1,11-14,16-21H2,2-4H3/t23-,25?/m0/s1. The number of hydrogen-bond acceptors (Lipinski definition) is 8. The Morgan fingerprint density at radius 1 is 1.20 bits per heavy atom. The van der Waals surface area contributed by atoms with Gasteiger partial charge in [-0.2, -0.15) is 15.2 Å². The third kappa shape index (κ3) is 6.03. The minimum Gasteiger partial charge on any atom is -0.463 e. The van der Waals surface area contributed by atoms with Crippen molar-refractivity contribution in [2.24, 2.45) is 5.41 Å². The lowest BCUT2D eigenvalue weighted by Crippen LogP contribution is -2.55. The molecule has 2 aliphatic heterocycles. The van der Waals surface area contributed by atoms with Crippen molar-refractivity contribution in [1.82, 2.24) is 19.8 Å². The van der Waals surface area contributed by atoms with Crippen LogP contribution in [0.25, 0.3) is 10.8 Å². The molecule has 1 aliphatic carbocycles. The molecule has 3 aromatic rings. The smallest absolute Gasteiger partial charge is 0.318 e. The van der Waals surface area contributed by atoms with Crippen LogP contribution in [0.4, 0.5) is 15.9 Å². The Bertz CT molecular complexity index is 1660. The fraction of sp³-hybridized carbons (Fsp3) is 0.471. The largest absolute Gasteiger partial charge is 0.463 e. The summed E-state index contributed by atoms with van der Waals surface area (Å²) in [4.78, 5) is 30.5. The Balaban J connectivity index is 1.34. The van der Waals surface area contributed by atoms with Crippen molar-refractivity contribution in [2.75, 3.05) is 56.7 Å². The molecule has 3 heterocycles. The van der Waals surface area contributed by atoms with Gasteiger partial charge in [-0.15, -0.1) is 0 Å². The van der Waals surface area contributed by atoms with Crippen molar-refractivity contribution in [3.63, 3.8) is 0 Å². The molecule has 1 saturated carbocycles. The van der Waals surface area contributed by atoms with Crippen molar-refractivity contribution < 1.29 is 13.9 Å². The summed E-state index contributed by atoms with van der Waals surface area (Å²) >= 11 is 6.70. The highest BCUT2D eigenvalue weighted by Gasteiger charge is 2.49. The van der Waals surface area contributed by atoms with Gasteiger partial charge in [-0.1, -0.05) is 42.4 Å². The van der Waals surface area contributed by atoms with E-state index in [0.717, 1.165) is 52.9 Å². The van der Waals surface area contributed by atoms with Gasteiger partial charge in [0.05, 0.1) is 42.4 Å². The molecule has 1 unspecified atom stereocenters. The number of piperazine rings is 1. The number of hydrogen-bond donors (Lipinski definition) is 0. The predicted octanol–water partition coefficient (Wildman–Crippen LogP) is 5.37. The van der Waals surface area contributed by atoms with Crippen LogP contribution < -0.4 is 14.5 Å². The Labute approximate surface area is 268 Å². The van der Waals surface area contributed by atoms with E-state index in [1.165, 1.54) is 4.90 Å². The number of aromatic nitrogens is 2. The van der Waals surface area contributed by atoms with Gasteiger partial charge < -0.3 is 24.3 Å². The molecule has 9 nitrogen and oxygen atoms in total. The molecule has 2 fully saturated rings. The maximum absolute atomic E-state index is 13.8. The Kier molecular flexibility index (Phi) is 8.59. The number of anilines is 2. The first kappa shape index (κ1) is 31.1. The second-order valence-electron chi connectivity index (χ2n) is 12.7. The summed E-state index contributed by atoms with van der Waals surface area (Å²) < 4.78 is 20.3. The average Bonchev–Trinajstić information content (AvgIpc) is 3.83. The minimum absolute atomic E-state index is 0.0628. The maximum Gasteiger partial charge on any atom is 0.318 e. The third-order valence-corrected chi connectivity index (χ3v) is 10.2. The van der Waals surface area contributed by atoms with Gasteiger partial charge in [-0.3, -0.25) is 4.79 Å². The minimum atomic E-state index is -1.02. The number of nitriles is 1. The zero-order chi connectivity index (χ0) is 31.9. The molecule has 1 amide bonds. The van der Waals surface area contributed by atoms with Crippen LogP contribution in [-0.4, -0.2) is 84.6 Å². The van der Waals surface area contributed by atoms with Crippen molar-refractivity contribution in [2.45, 2.75) is 51.2 Å². The van der Waals surface area contributed by atoms with Gasteiger partial charge in [0.1, 0.15) is 5.82 Å². The van der Waals surface area contributed by atoms with Crippen LogP contribution in [0.1, 0.15) is 37.4 Å². The highest BCUT2D eigenvalue weighted by atomic mass is 35.5. The lowest BCUT2D eigenvalue weighted by Gasteiger charge is -2.42. The number of carbonyl (C=O) groups excluding carboxylic acids is 1. The molecular weight excluding hydrogens is 593 g/mol. The van der Waals surface area contributed by atoms with E-state index in [4.69, 9.17) is 26.3 Å². The Hall–Kier alpha value is -3.94. The molecule has 1 aromatic heterocycles. The number of rotatable bonds is 9. The van der Waals surface area contributed by atoms with Gasteiger partial charge in [0.15, 0.2) is 5.83 Å². The van der Waals surface area contributed by atoms with Crippen LogP contribution in [0.2, 0.25) is 5.02 Å². The van der Waals surface area contributed by atoms with Crippen molar-refractivity contribution in [1.29, 1.82) is 5.26 Å². The van der Waals surface area contributed by atoms with Gasteiger partial charge in [0.2, 0.25) is 0 Å². The van der Waals surface area contributed by atoms with Crippen molar-refractivity contribution >= 4 is 39.8 Å². The molecule has 2 aromatic carbocycles. The number of halogens is 2. The fourth-order valence-corrected chi connectivity index (χ4v) is 7.09. The molecule has 236 valence electrons. The maximum atomic E-state index is 13.8. The number of amides is 1. The number of nitrogens with zero attached hydrogens (tertiary/aromatic N) is 7. The van der Waals surface area contributed by atoms with Gasteiger partial charge in [-0.25, -0.2) is 4.39 Å². The number of benzene rings is 2. The van der Waals surface area contributed by atoms with E-state index in [9.17, 15) is 14.4 Å². The predicted molar refractivity (Wildman–Crippen MR) is 174 cm³/mol. The summed E-state index contributed by atoms with van der Waals surface area (Å²) in [5.74, 6) is -1.03. The fourth-order valence-electron chi connectivity index (χ4n) is 6.81. The quantitative estimate of drug-likeness (QED) is 0.291. The summed E-state index contributed by atoms with van der Waals surface area (Å²) in [7, 11) is 4.18. The summed E-state index contributed by atoms with van der Waals surface area (Å²) in [6.45, 7) is 8.26. The summed E-state index contributed by atoms with van der Waals surface area (Å²) in [5.41, 5.74) is 3.02. The van der Waals surface area contributed by atoms with E-state index in [1.807, 2.05) is 18.2 Å². The first-order valence-electron chi connectivity index (χ1n) is 15.5. The van der Waals surface area contributed by atoms with Gasteiger partial charge in [0.25, 0.3) is 5.91 Å². The average molecular weight is 632 g/mol. The van der Waals surface area contributed by atoms with Crippen LogP contribution >= 0.6 is 11.6 Å². The number of carbonyl (C=O) groups is 1. The molecule has 45 heavy (non-hydrogen) atoms. The molecular formula is C34H39ClFN7O2. The summed E-state index contributed by atoms with van der Waals surface area (Å²) in [6, 6.07) is 14.5. The first-order valence-corrected chi connectivity index (χ1v) is 15.9. The van der Waals surface area contributed by atoms with Crippen LogP contribution in [0, 0.1) is 16.7 Å². The molecule has 0 spiro atoms. The highest BCUT2D eigenvalue weighted by molar-refractivity contribution is 6.36. The first-order chi connectivity index (χ1) is 21.6. The van der Waals surface area contributed by atoms with Crippen LogP contribution in [0.5, 0.6) is 6.01 Å². The van der Waals surface area contributed by atoms with Crippen LogP contribution in [-0.2, 0) is 17.8 Å². The molecule has 11 heteroatoms. The van der Waals surface area contributed by atoms with Crippen molar-refractivity contribution in [3.8, 4) is 12.1 Å². The molecule has 0 bridgehead atoms. The molecule has 6 rings (SSSR count). The Morgan fingerprint density at radius 3 is 2.64 bits per heavy atom. The number of ether oxygens (including phenoxy) is 1. The monoisotopic (exact) mass is 631 g/mol. The summed E-state index contributed by atoms with van der Waals surface area (Å²) in [6.07, 6.45) is 2.94. The van der Waals surface area contributed by atoms with Gasteiger partial charge in [0, 0.05) is 54.3 Å². The zero-order valence-corrected chi connectivity index (χ0v) is 26.9. The molecule has 1 saturated heterocycles. The van der Waals surface area contributed by atoms with E-state index in [0.29, 0.717) is 49.7 Å².